The molecule has 1 saturated heterocycles. The number of anilines is 1. The van der Waals surface area contributed by atoms with E-state index in [4.69, 9.17) is 5.73 Å². The van der Waals surface area contributed by atoms with Crippen molar-refractivity contribution in [2.24, 2.45) is 10.7 Å². The zero-order valence-electron chi connectivity index (χ0n) is 10.9. The van der Waals surface area contributed by atoms with E-state index in [1.807, 2.05) is 6.07 Å². The highest BCUT2D eigenvalue weighted by Crippen LogP contribution is 2.12. The average molecular weight is 411 g/mol. The summed E-state index contributed by atoms with van der Waals surface area (Å²) in [5, 5.41) is 2.84. The van der Waals surface area contributed by atoms with Gasteiger partial charge in [0.25, 0.3) is 0 Å². The predicted molar refractivity (Wildman–Crippen MR) is 89.7 cm³/mol. The third-order valence-corrected chi connectivity index (χ3v) is 4.71. The average Bonchev–Trinajstić information content (AvgIpc) is 2.70. The second kappa shape index (κ2) is 7.74. The molecular formula is C11H18IN5O2S. The summed E-state index contributed by atoms with van der Waals surface area (Å²) in [5.74, 6) is 1.08. The number of nitrogens with zero attached hydrogens (tertiary/aromatic N) is 3. The van der Waals surface area contributed by atoms with Gasteiger partial charge in [-0.15, -0.1) is 24.0 Å². The van der Waals surface area contributed by atoms with Crippen LogP contribution in [0.4, 0.5) is 5.82 Å². The molecule has 2 heterocycles. The van der Waals surface area contributed by atoms with Crippen LogP contribution in [0.3, 0.4) is 0 Å². The zero-order chi connectivity index (χ0) is 13.7. The molecule has 20 heavy (non-hydrogen) atoms. The van der Waals surface area contributed by atoms with Crippen molar-refractivity contribution in [3.63, 3.8) is 0 Å². The van der Waals surface area contributed by atoms with Crippen LogP contribution in [-0.2, 0) is 10.0 Å². The number of sulfonamides is 1. The molecule has 1 aliphatic rings. The molecule has 0 bridgehead atoms. The fourth-order valence-corrected chi connectivity index (χ4v) is 3.35. The molecule has 0 radical (unpaired) electrons. The normalized spacial score (nSPS) is 18.5. The molecule has 112 valence electrons. The van der Waals surface area contributed by atoms with Gasteiger partial charge < -0.3 is 11.1 Å². The molecule has 0 saturated carbocycles. The Morgan fingerprint density at radius 1 is 1.50 bits per heavy atom. The molecule has 0 atom stereocenters. The fourth-order valence-electron chi connectivity index (χ4n) is 1.83. The third kappa shape index (κ3) is 4.87. The van der Waals surface area contributed by atoms with Crippen molar-refractivity contribution in [2.75, 3.05) is 30.7 Å². The van der Waals surface area contributed by atoms with Crippen LogP contribution >= 0.6 is 24.0 Å². The fraction of sp³-hybridized carbons (Fsp3) is 0.455. The van der Waals surface area contributed by atoms with Gasteiger partial charge in [0.15, 0.2) is 5.96 Å². The first kappa shape index (κ1) is 17.1. The lowest BCUT2D eigenvalue weighted by Crippen LogP contribution is -2.30. The lowest BCUT2D eigenvalue weighted by molar-refractivity contribution is 0.452. The Bertz CT molecular complexity index is 549. The number of guanidine groups is 1. The highest BCUT2D eigenvalue weighted by Gasteiger charge is 2.27. The molecule has 3 N–H and O–H groups in total. The van der Waals surface area contributed by atoms with Crippen molar-refractivity contribution in [3.8, 4) is 0 Å². The Morgan fingerprint density at radius 2 is 2.30 bits per heavy atom. The summed E-state index contributed by atoms with van der Waals surface area (Å²) in [7, 11) is -3.05. The van der Waals surface area contributed by atoms with Crippen LogP contribution in [0, 0.1) is 0 Å². The van der Waals surface area contributed by atoms with Crippen LogP contribution in [-0.4, -0.2) is 49.1 Å². The molecule has 0 unspecified atom stereocenters. The van der Waals surface area contributed by atoms with Crippen LogP contribution in [0.2, 0.25) is 0 Å². The van der Waals surface area contributed by atoms with Crippen LogP contribution in [0.25, 0.3) is 0 Å². The first-order valence-corrected chi connectivity index (χ1v) is 7.65. The van der Waals surface area contributed by atoms with Crippen molar-refractivity contribution >= 4 is 45.8 Å². The lowest BCUT2D eigenvalue weighted by atomic mass is 10.4. The van der Waals surface area contributed by atoms with Gasteiger partial charge in [-0.2, -0.15) is 0 Å². The van der Waals surface area contributed by atoms with Gasteiger partial charge in [0, 0.05) is 19.3 Å². The number of pyridine rings is 1. The van der Waals surface area contributed by atoms with E-state index in [0.29, 0.717) is 31.9 Å². The molecule has 0 aromatic carbocycles. The number of hydrogen-bond acceptors (Lipinski definition) is 4. The highest BCUT2D eigenvalue weighted by molar-refractivity contribution is 14.0. The quantitative estimate of drug-likeness (QED) is 0.426. The molecule has 1 aliphatic heterocycles. The summed E-state index contributed by atoms with van der Waals surface area (Å²) in [6, 6.07) is 5.41. The molecule has 7 nitrogen and oxygen atoms in total. The minimum absolute atomic E-state index is 0. The Kier molecular flexibility index (Phi) is 6.62. The van der Waals surface area contributed by atoms with Gasteiger partial charge in [-0.05, 0) is 18.6 Å². The largest absolute Gasteiger partial charge is 0.370 e. The SMILES string of the molecule is I.NC(=NCCN1CCCS1(=O)=O)Nc1ccccn1. The van der Waals surface area contributed by atoms with Gasteiger partial charge in [0.05, 0.1) is 12.3 Å². The Morgan fingerprint density at radius 3 is 2.90 bits per heavy atom. The molecule has 1 aromatic rings. The summed E-state index contributed by atoms with van der Waals surface area (Å²) in [6.07, 6.45) is 2.33. The maximum atomic E-state index is 11.5. The van der Waals surface area contributed by atoms with Gasteiger partial charge in [0.1, 0.15) is 5.82 Å². The standard InChI is InChI=1S/C11H17N5O2S.HI/c12-11(15-10-4-1-2-5-13-10)14-6-8-16-7-3-9-19(16,17)18;/h1-2,4-5H,3,6-9H2,(H3,12,13,14,15);1H. The van der Waals surface area contributed by atoms with Gasteiger partial charge in [-0.25, -0.2) is 17.7 Å². The van der Waals surface area contributed by atoms with E-state index in [1.54, 1.807) is 18.3 Å². The van der Waals surface area contributed by atoms with E-state index in [-0.39, 0.29) is 35.7 Å². The topological polar surface area (TPSA) is 101 Å². The van der Waals surface area contributed by atoms with E-state index < -0.39 is 10.0 Å². The summed E-state index contributed by atoms with van der Waals surface area (Å²) in [5.41, 5.74) is 5.69. The van der Waals surface area contributed by atoms with E-state index in [2.05, 4.69) is 15.3 Å². The van der Waals surface area contributed by atoms with Crippen molar-refractivity contribution < 1.29 is 8.42 Å². The monoisotopic (exact) mass is 411 g/mol. The van der Waals surface area contributed by atoms with Crippen molar-refractivity contribution in [3.05, 3.63) is 24.4 Å². The third-order valence-electron chi connectivity index (χ3n) is 2.76. The molecular weight excluding hydrogens is 393 g/mol. The second-order valence-electron chi connectivity index (χ2n) is 4.18. The summed E-state index contributed by atoms with van der Waals surface area (Å²) in [6.45, 7) is 1.28. The molecule has 9 heteroatoms. The van der Waals surface area contributed by atoms with Crippen molar-refractivity contribution in [1.82, 2.24) is 9.29 Å². The summed E-state index contributed by atoms with van der Waals surface area (Å²) < 4.78 is 24.5. The number of rotatable bonds is 4. The Labute approximate surface area is 135 Å². The lowest BCUT2D eigenvalue weighted by Gasteiger charge is -2.12. The Hall–Kier alpha value is -0.940. The summed E-state index contributed by atoms with van der Waals surface area (Å²) in [4.78, 5) is 8.13. The van der Waals surface area contributed by atoms with Crippen LogP contribution in [0.5, 0.6) is 0 Å². The van der Waals surface area contributed by atoms with Crippen molar-refractivity contribution in [2.45, 2.75) is 6.42 Å². The first-order valence-electron chi connectivity index (χ1n) is 6.04. The minimum Gasteiger partial charge on any atom is -0.370 e. The maximum Gasteiger partial charge on any atom is 0.214 e. The summed E-state index contributed by atoms with van der Waals surface area (Å²) >= 11 is 0. The van der Waals surface area contributed by atoms with E-state index in [0.717, 1.165) is 0 Å². The van der Waals surface area contributed by atoms with E-state index >= 15 is 0 Å². The predicted octanol–water partition coefficient (Wildman–Crippen LogP) is 0.462. The van der Waals surface area contributed by atoms with Gasteiger partial charge in [0.2, 0.25) is 10.0 Å². The van der Waals surface area contributed by atoms with Gasteiger partial charge in [-0.3, -0.25) is 4.99 Å². The number of aliphatic imine (C=N–C) groups is 1. The van der Waals surface area contributed by atoms with Crippen molar-refractivity contribution in [1.29, 1.82) is 0 Å². The first-order chi connectivity index (χ1) is 9.08. The van der Waals surface area contributed by atoms with Gasteiger partial charge in [-0.1, -0.05) is 6.07 Å². The number of halogens is 1. The zero-order valence-corrected chi connectivity index (χ0v) is 14.0. The maximum absolute atomic E-state index is 11.5. The molecule has 0 spiro atoms. The van der Waals surface area contributed by atoms with Crippen LogP contribution < -0.4 is 11.1 Å². The van der Waals surface area contributed by atoms with E-state index in [9.17, 15) is 8.42 Å². The molecule has 1 aromatic heterocycles. The van der Waals surface area contributed by atoms with Crippen LogP contribution in [0.15, 0.2) is 29.4 Å². The van der Waals surface area contributed by atoms with Crippen LogP contribution in [0.1, 0.15) is 6.42 Å². The smallest absolute Gasteiger partial charge is 0.214 e. The van der Waals surface area contributed by atoms with E-state index in [1.165, 1.54) is 4.31 Å². The number of nitrogens with two attached hydrogens (primary N) is 1. The minimum atomic E-state index is -3.05. The van der Waals surface area contributed by atoms with Gasteiger partial charge >= 0.3 is 0 Å². The number of hydrogen-bond donors (Lipinski definition) is 2. The second-order valence-corrected chi connectivity index (χ2v) is 6.26. The molecule has 2 rings (SSSR count). The number of nitrogens with one attached hydrogen (secondary N) is 1. The molecule has 1 fully saturated rings. The molecule has 0 amide bonds. The highest BCUT2D eigenvalue weighted by atomic mass is 127. The molecule has 0 aliphatic carbocycles. The Balaban J connectivity index is 0.00000200. The number of aromatic nitrogens is 1.